The summed E-state index contributed by atoms with van der Waals surface area (Å²) < 4.78 is 4.64. The molecule has 8 heteroatoms. The average Bonchev–Trinajstić information content (AvgIpc) is 2.89. The van der Waals surface area contributed by atoms with Crippen LogP contribution < -0.4 is 5.32 Å². The van der Waals surface area contributed by atoms with Gasteiger partial charge in [0.05, 0.1) is 6.54 Å². The molecule has 0 bridgehead atoms. The van der Waals surface area contributed by atoms with Crippen LogP contribution in [-0.4, -0.2) is 51.3 Å². The SMILES string of the molecule is O=C(O)C1CSCCN1C(=O)NCc1ccon1. The summed E-state index contributed by atoms with van der Waals surface area (Å²) in [4.78, 5) is 24.3. The Morgan fingerprint density at radius 2 is 2.50 bits per heavy atom. The summed E-state index contributed by atoms with van der Waals surface area (Å²) in [6.45, 7) is 0.664. The first kappa shape index (κ1) is 12.7. The summed E-state index contributed by atoms with van der Waals surface area (Å²) in [5.74, 6) is 0.201. The van der Waals surface area contributed by atoms with Crippen LogP contribution in [0.4, 0.5) is 4.79 Å². The van der Waals surface area contributed by atoms with E-state index in [1.54, 1.807) is 6.07 Å². The van der Waals surface area contributed by atoms with Crippen molar-refractivity contribution in [2.75, 3.05) is 18.1 Å². The maximum atomic E-state index is 11.9. The Morgan fingerprint density at radius 1 is 1.67 bits per heavy atom. The first-order valence-electron chi connectivity index (χ1n) is 5.43. The van der Waals surface area contributed by atoms with Gasteiger partial charge in [-0.1, -0.05) is 5.16 Å². The largest absolute Gasteiger partial charge is 0.480 e. The highest BCUT2D eigenvalue weighted by atomic mass is 32.2. The Kier molecular flexibility index (Phi) is 4.08. The smallest absolute Gasteiger partial charge is 0.327 e. The Bertz CT molecular complexity index is 423. The molecule has 0 aromatic carbocycles. The zero-order valence-corrected chi connectivity index (χ0v) is 10.4. The molecule has 2 N–H and O–H groups in total. The molecule has 1 aromatic heterocycles. The lowest BCUT2D eigenvalue weighted by atomic mass is 10.3. The van der Waals surface area contributed by atoms with Gasteiger partial charge in [-0.25, -0.2) is 9.59 Å². The number of carbonyl (C=O) groups excluding carboxylic acids is 1. The maximum Gasteiger partial charge on any atom is 0.327 e. The van der Waals surface area contributed by atoms with Crippen molar-refractivity contribution in [2.45, 2.75) is 12.6 Å². The average molecular weight is 271 g/mol. The highest BCUT2D eigenvalue weighted by molar-refractivity contribution is 7.99. The van der Waals surface area contributed by atoms with Crippen LogP contribution in [0, 0.1) is 0 Å². The molecule has 18 heavy (non-hydrogen) atoms. The second-order valence-electron chi connectivity index (χ2n) is 3.77. The first-order valence-corrected chi connectivity index (χ1v) is 6.58. The van der Waals surface area contributed by atoms with Gasteiger partial charge in [-0.2, -0.15) is 11.8 Å². The van der Waals surface area contributed by atoms with Crippen LogP contribution in [0.2, 0.25) is 0 Å². The third-order valence-electron chi connectivity index (χ3n) is 2.59. The van der Waals surface area contributed by atoms with Crippen LogP contribution >= 0.6 is 11.8 Å². The third-order valence-corrected chi connectivity index (χ3v) is 3.61. The molecule has 0 saturated carbocycles. The quantitative estimate of drug-likeness (QED) is 0.825. The molecule has 2 rings (SSSR count). The van der Waals surface area contributed by atoms with Crippen molar-refractivity contribution in [3.63, 3.8) is 0 Å². The summed E-state index contributed by atoms with van der Waals surface area (Å²) >= 11 is 1.54. The van der Waals surface area contributed by atoms with Crippen molar-refractivity contribution in [2.24, 2.45) is 0 Å². The van der Waals surface area contributed by atoms with Crippen molar-refractivity contribution in [3.05, 3.63) is 18.0 Å². The van der Waals surface area contributed by atoms with Gasteiger partial charge in [0.1, 0.15) is 18.0 Å². The van der Waals surface area contributed by atoms with E-state index >= 15 is 0 Å². The van der Waals surface area contributed by atoms with E-state index in [4.69, 9.17) is 5.11 Å². The number of nitrogens with one attached hydrogen (secondary N) is 1. The molecule has 0 aliphatic carbocycles. The molecule has 0 spiro atoms. The monoisotopic (exact) mass is 271 g/mol. The van der Waals surface area contributed by atoms with Crippen LogP contribution in [0.5, 0.6) is 0 Å². The molecule has 1 aromatic rings. The maximum absolute atomic E-state index is 11.9. The number of nitrogens with zero attached hydrogens (tertiary/aromatic N) is 2. The van der Waals surface area contributed by atoms with Crippen LogP contribution in [0.3, 0.4) is 0 Å². The van der Waals surface area contributed by atoms with Gasteiger partial charge in [0, 0.05) is 24.1 Å². The van der Waals surface area contributed by atoms with Crippen LogP contribution in [0.25, 0.3) is 0 Å². The van der Waals surface area contributed by atoms with Gasteiger partial charge < -0.3 is 19.8 Å². The molecule has 1 aliphatic rings. The van der Waals surface area contributed by atoms with Gasteiger partial charge in [-0.05, 0) is 0 Å². The highest BCUT2D eigenvalue weighted by Gasteiger charge is 2.32. The fourth-order valence-corrected chi connectivity index (χ4v) is 2.69. The summed E-state index contributed by atoms with van der Waals surface area (Å²) in [6.07, 6.45) is 1.42. The van der Waals surface area contributed by atoms with E-state index in [9.17, 15) is 9.59 Å². The van der Waals surface area contributed by atoms with Crippen LogP contribution in [-0.2, 0) is 11.3 Å². The number of amides is 2. The minimum atomic E-state index is -0.973. The molecule has 1 unspecified atom stereocenters. The second kappa shape index (κ2) is 5.76. The Balaban J connectivity index is 1.92. The predicted molar refractivity (Wildman–Crippen MR) is 64.2 cm³/mol. The van der Waals surface area contributed by atoms with Crippen LogP contribution in [0.1, 0.15) is 5.69 Å². The Labute approximate surface area is 107 Å². The molecular weight excluding hydrogens is 258 g/mol. The van der Waals surface area contributed by atoms with E-state index < -0.39 is 12.0 Å². The van der Waals surface area contributed by atoms with Crippen molar-refractivity contribution >= 4 is 23.8 Å². The Morgan fingerprint density at radius 3 is 3.17 bits per heavy atom. The Hall–Kier alpha value is -1.70. The van der Waals surface area contributed by atoms with Gasteiger partial charge in [-0.15, -0.1) is 0 Å². The standard InChI is InChI=1S/C10H13N3O4S/c14-9(15)8-6-18-4-2-13(8)10(16)11-5-7-1-3-17-12-7/h1,3,8H,2,4-6H2,(H,11,16)(H,14,15). The number of aliphatic carboxylic acids is 1. The number of carboxylic acid groups (broad SMARTS) is 1. The molecule has 1 atom stereocenters. The van der Waals surface area contributed by atoms with Gasteiger partial charge in [0.25, 0.3) is 0 Å². The zero-order valence-electron chi connectivity index (χ0n) is 9.54. The van der Waals surface area contributed by atoms with E-state index in [-0.39, 0.29) is 12.6 Å². The molecule has 7 nitrogen and oxygen atoms in total. The number of urea groups is 1. The van der Waals surface area contributed by atoms with Crippen molar-refractivity contribution in [1.29, 1.82) is 0 Å². The highest BCUT2D eigenvalue weighted by Crippen LogP contribution is 2.16. The molecule has 1 fully saturated rings. The number of carbonyl (C=O) groups is 2. The third kappa shape index (κ3) is 2.95. The minimum absolute atomic E-state index is 0.227. The second-order valence-corrected chi connectivity index (χ2v) is 4.92. The summed E-state index contributed by atoms with van der Waals surface area (Å²) in [6, 6.07) is 0.493. The van der Waals surface area contributed by atoms with Gasteiger partial charge in [-0.3, -0.25) is 0 Å². The molecule has 98 valence electrons. The predicted octanol–water partition coefficient (Wildman–Crippen LogP) is 0.386. The molecule has 0 radical (unpaired) electrons. The van der Waals surface area contributed by atoms with E-state index in [2.05, 4.69) is 15.0 Å². The van der Waals surface area contributed by atoms with Crippen molar-refractivity contribution < 1.29 is 19.2 Å². The fourth-order valence-electron chi connectivity index (χ4n) is 1.65. The lowest BCUT2D eigenvalue weighted by Crippen LogP contribution is -2.53. The lowest BCUT2D eigenvalue weighted by Gasteiger charge is -2.32. The molecule has 1 saturated heterocycles. The fraction of sp³-hybridized carbons (Fsp3) is 0.500. The number of carboxylic acids is 1. The molecule has 2 heterocycles. The summed E-state index contributed by atoms with van der Waals surface area (Å²) in [5, 5.41) is 15.3. The van der Waals surface area contributed by atoms with Gasteiger partial charge in [0.2, 0.25) is 0 Å². The number of aromatic nitrogens is 1. The normalized spacial score (nSPS) is 19.6. The molecular formula is C10H13N3O4S. The zero-order chi connectivity index (χ0) is 13.0. The molecule has 1 aliphatic heterocycles. The van der Waals surface area contributed by atoms with E-state index in [1.165, 1.54) is 22.9 Å². The topological polar surface area (TPSA) is 95.7 Å². The van der Waals surface area contributed by atoms with E-state index in [1.807, 2.05) is 0 Å². The summed E-state index contributed by atoms with van der Waals surface area (Å²) in [7, 11) is 0. The van der Waals surface area contributed by atoms with E-state index in [0.717, 1.165) is 5.75 Å². The van der Waals surface area contributed by atoms with Crippen molar-refractivity contribution in [3.8, 4) is 0 Å². The van der Waals surface area contributed by atoms with Crippen molar-refractivity contribution in [1.82, 2.24) is 15.4 Å². The summed E-state index contributed by atoms with van der Waals surface area (Å²) in [5.41, 5.74) is 0.599. The number of hydrogen-bond donors (Lipinski definition) is 2. The minimum Gasteiger partial charge on any atom is -0.480 e. The lowest BCUT2D eigenvalue weighted by molar-refractivity contribution is -0.141. The van der Waals surface area contributed by atoms with E-state index in [0.29, 0.717) is 18.0 Å². The van der Waals surface area contributed by atoms with Gasteiger partial charge >= 0.3 is 12.0 Å². The first-order chi connectivity index (χ1) is 8.68. The number of hydrogen-bond acceptors (Lipinski definition) is 5. The number of thioether (sulfide) groups is 1. The van der Waals surface area contributed by atoms with Crippen LogP contribution in [0.15, 0.2) is 16.9 Å². The number of rotatable bonds is 3. The van der Waals surface area contributed by atoms with Gasteiger partial charge in [0.15, 0.2) is 0 Å². The molecule has 2 amide bonds.